The highest BCUT2D eigenvalue weighted by Gasteiger charge is 2.55. The first-order valence-electron chi connectivity index (χ1n) is 11.9. The topological polar surface area (TPSA) is 107 Å². The van der Waals surface area contributed by atoms with E-state index < -0.39 is 21.3 Å². The van der Waals surface area contributed by atoms with E-state index >= 15 is 0 Å². The van der Waals surface area contributed by atoms with Crippen molar-refractivity contribution < 1.29 is 22.7 Å². The third-order valence-corrected chi connectivity index (χ3v) is 7.96. The van der Waals surface area contributed by atoms with Gasteiger partial charge in [0.1, 0.15) is 0 Å². The standard InChI is InChI=1S/C26H29N3O5S/c1-16(2)15-34-24-20(13-18(14-27-24)17-7-8-17)26(11-12-26)25(30)29-35(31,32)22-6-4-5-21-19(22)9-10-23(28-21)33-3/h4-6,9-10,13-14,16-17H,7-8,11-12,15H2,1-3H3,(H,29,30). The number of methoxy groups -OCH3 is 1. The minimum Gasteiger partial charge on any atom is -0.481 e. The Morgan fingerprint density at radius 3 is 2.63 bits per heavy atom. The van der Waals surface area contributed by atoms with Crippen molar-refractivity contribution in [1.29, 1.82) is 0 Å². The molecule has 2 aliphatic rings. The van der Waals surface area contributed by atoms with E-state index in [-0.39, 0.29) is 10.8 Å². The zero-order valence-electron chi connectivity index (χ0n) is 20.1. The van der Waals surface area contributed by atoms with Crippen molar-refractivity contribution in [3.05, 3.63) is 53.7 Å². The number of hydrogen-bond acceptors (Lipinski definition) is 7. The van der Waals surface area contributed by atoms with Crippen molar-refractivity contribution in [2.75, 3.05) is 13.7 Å². The van der Waals surface area contributed by atoms with Crippen LogP contribution in [0, 0.1) is 5.92 Å². The summed E-state index contributed by atoms with van der Waals surface area (Å²) in [6.07, 6.45) is 5.09. The summed E-state index contributed by atoms with van der Waals surface area (Å²) >= 11 is 0. The van der Waals surface area contributed by atoms with Crippen LogP contribution in [-0.4, -0.2) is 38.0 Å². The lowest BCUT2D eigenvalue weighted by Crippen LogP contribution is -2.39. The van der Waals surface area contributed by atoms with Gasteiger partial charge in [-0.3, -0.25) is 4.79 Å². The summed E-state index contributed by atoms with van der Waals surface area (Å²) in [6.45, 7) is 4.54. The maximum atomic E-state index is 13.5. The predicted molar refractivity (Wildman–Crippen MR) is 131 cm³/mol. The Bertz CT molecular complexity index is 1400. The SMILES string of the molecule is COc1ccc2c(S(=O)(=O)NC(=O)C3(c4cc(C5CC5)cnc4OCC(C)C)CC3)cccc2n1. The van der Waals surface area contributed by atoms with Gasteiger partial charge < -0.3 is 9.47 Å². The van der Waals surface area contributed by atoms with Crippen LogP contribution in [-0.2, 0) is 20.2 Å². The molecule has 9 heteroatoms. The van der Waals surface area contributed by atoms with Crippen LogP contribution in [0.2, 0.25) is 0 Å². The lowest BCUT2D eigenvalue weighted by Gasteiger charge is -2.20. The van der Waals surface area contributed by atoms with Gasteiger partial charge in [0.2, 0.25) is 17.7 Å². The van der Waals surface area contributed by atoms with Crippen LogP contribution in [0.25, 0.3) is 10.9 Å². The van der Waals surface area contributed by atoms with E-state index in [0.717, 1.165) is 18.4 Å². The van der Waals surface area contributed by atoms with Crippen molar-refractivity contribution in [2.24, 2.45) is 5.92 Å². The molecule has 8 nitrogen and oxygen atoms in total. The first-order chi connectivity index (χ1) is 16.7. The van der Waals surface area contributed by atoms with Gasteiger partial charge in [0.05, 0.1) is 29.5 Å². The number of sulfonamides is 1. The number of pyridine rings is 2. The first kappa shape index (κ1) is 23.5. The molecule has 1 N–H and O–H groups in total. The van der Waals surface area contributed by atoms with E-state index in [1.165, 1.54) is 13.2 Å². The van der Waals surface area contributed by atoms with Crippen molar-refractivity contribution in [2.45, 2.75) is 55.8 Å². The minimum atomic E-state index is -4.15. The molecule has 0 aliphatic heterocycles. The van der Waals surface area contributed by atoms with Gasteiger partial charge in [-0.1, -0.05) is 19.9 Å². The molecule has 2 heterocycles. The molecule has 3 aromatic rings. The zero-order valence-corrected chi connectivity index (χ0v) is 20.9. The summed E-state index contributed by atoms with van der Waals surface area (Å²) in [6, 6.07) is 9.99. The third kappa shape index (κ3) is 4.57. The Morgan fingerprint density at radius 2 is 1.97 bits per heavy atom. The van der Waals surface area contributed by atoms with E-state index in [1.807, 2.05) is 26.1 Å². The summed E-state index contributed by atoms with van der Waals surface area (Å²) in [5.74, 6) is 0.971. The smallest absolute Gasteiger partial charge is 0.264 e. The van der Waals surface area contributed by atoms with Gasteiger partial charge in [-0.2, -0.15) is 0 Å². The van der Waals surface area contributed by atoms with Crippen LogP contribution >= 0.6 is 0 Å². The maximum absolute atomic E-state index is 13.5. The van der Waals surface area contributed by atoms with Gasteiger partial charge >= 0.3 is 0 Å². The molecule has 2 aromatic heterocycles. The van der Waals surface area contributed by atoms with Crippen molar-refractivity contribution in [3.63, 3.8) is 0 Å². The Hall–Kier alpha value is -3.20. The molecule has 2 aliphatic carbocycles. The highest BCUT2D eigenvalue weighted by molar-refractivity contribution is 7.90. The van der Waals surface area contributed by atoms with E-state index in [0.29, 0.717) is 53.6 Å². The molecule has 0 radical (unpaired) electrons. The summed E-state index contributed by atoms with van der Waals surface area (Å²) in [7, 11) is -2.65. The van der Waals surface area contributed by atoms with Crippen LogP contribution in [0.3, 0.4) is 0 Å². The van der Waals surface area contributed by atoms with Gasteiger partial charge in [-0.05, 0) is 67.3 Å². The number of hydrogen-bond donors (Lipinski definition) is 1. The predicted octanol–water partition coefficient (Wildman–Crippen LogP) is 4.09. The molecular weight excluding hydrogens is 466 g/mol. The van der Waals surface area contributed by atoms with E-state index in [1.54, 1.807) is 24.3 Å². The van der Waals surface area contributed by atoms with E-state index in [4.69, 9.17) is 9.47 Å². The lowest BCUT2D eigenvalue weighted by molar-refractivity contribution is -0.121. The Balaban J connectivity index is 1.47. The molecule has 1 aromatic carbocycles. The molecule has 0 atom stereocenters. The number of fused-ring (bicyclic) bond motifs is 1. The molecule has 1 amide bonds. The number of amides is 1. The van der Waals surface area contributed by atoms with Crippen LogP contribution in [0.1, 0.15) is 56.6 Å². The molecule has 0 spiro atoms. The van der Waals surface area contributed by atoms with Gasteiger partial charge in [-0.25, -0.2) is 23.1 Å². The number of benzene rings is 1. The fourth-order valence-electron chi connectivity index (χ4n) is 4.29. The Morgan fingerprint density at radius 1 is 1.20 bits per heavy atom. The summed E-state index contributed by atoms with van der Waals surface area (Å²) < 4.78 is 40.2. The van der Waals surface area contributed by atoms with Crippen molar-refractivity contribution in [3.8, 4) is 11.8 Å². The average Bonchev–Trinajstić information content (AvgIpc) is 3.75. The largest absolute Gasteiger partial charge is 0.481 e. The molecule has 35 heavy (non-hydrogen) atoms. The van der Waals surface area contributed by atoms with Gasteiger partial charge in [-0.15, -0.1) is 0 Å². The molecule has 2 saturated carbocycles. The van der Waals surface area contributed by atoms with Gasteiger partial charge in [0.15, 0.2) is 0 Å². The molecule has 184 valence electrons. The lowest BCUT2D eigenvalue weighted by atomic mass is 9.94. The van der Waals surface area contributed by atoms with Gasteiger partial charge in [0.25, 0.3) is 10.0 Å². The van der Waals surface area contributed by atoms with Gasteiger partial charge in [0, 0.05) is 23.2 Å². The Kier molecular flexibility index (Phi) is 5.91. The Labute approximate surface area is 205 Å². The second-order valence-corrected chi connectivity index (χ2v) is 11.4. The number of aromatic nitrogens is 2. The molecule has 0 bridgehead atoms. The number of carbonyl (C=O) groups is 1. The fourth-order valence-corrected chi connectivity index (χ4v) is 5.56. The van der Waals surface area contributed by atoms with Crippen LogP contribution in [0.15, 0.2) is 47.5 Å². The minimum absolute atomic E-state index is 0.00422. The van der Waals surface area contributed by atoms with Crippen molar-refractivity contribution >= 4 is 26.8 Å². The van der Waals surface area contributed by atoms with Crippen LogP contribution in [0.5, 0.6) is 11.8 Å². The second-order valence-electron chi connectivity index (χ2n) is 9.79. The van der Waals surface area contributed by atoms with E-state index in [9.17, 15) is 13.2 Å². The number of rotatable bonds is 9. The molecule has 0 saturated heterocycles. The monoisotopic (exact) mass is 495 g/mol. The highest BCUT2D eigenvalue weighted by Crippen LogP contribution is 2.53. The summed E-state index contributed by atoms with van der Waals surface area (Å²) in [5, 5.41) is 0.414. The third-order valence-electron chi connectivity index (χ3n) is 6.57. The van der Waals surface area contributed by atoms with Crippen LogP contribution in [0.4, 0.5) is 0 Å². The fraction of sp³-hybridized carbons (Fsp3) is 0.423. The number of nitrogens with zero attached hydrogens (tertiary/aromatic N) is 2. The molecule has 0 unspecified atom stereocenters. The van der Waals surface area contributed by atoms with Crippen molar-refractivity contribution in [1.82, 2.24) is 14.7 Å². The first-order valence-corrected chi connectivity index (χ1v) is 13.4. The zero-order chi connectivity index (χ0) is 24.8. The summed E-state index contributed by atoms with van der Waals surface area (Å²) in [4.78, 5) is 22.4. The highest BCUT2D eigenvalue weighted by atomic mass is 32.2. The maximum Gasteiger partial charge on any atom is 0.264 e. The number of nitrogens with one attached hydrogen (secondary N) is 1. The molecule has 2 fully saturated rings. The number of carbonyl (C=O) groups excluding carboxylic acids is 1. The second kappa shape index (κ2) is 8.78. The average molecular weight is 496 g/mol. The molecular formula is C26H29N3O5S. The summed E-state index contributed by atoms with van der Waals surface area (Å²) in [5.41, 5.74) is 1.25. The van der Waals surface area contributed by atoms with Crippen LogP contribution < -0.4 is 14.2 Å². The number of ether oxygens (including phenoxy) is 2. The molecule has 5 rings (SSSR count). The quantitative estimate of drug-likeness (QED) is 0.476. The van der Waals surface area contributed by atoms with E-state index in [2.05, 4.69) is 14.7 Å². The normalized spacial score (nSPS) is 16.8.